The third kappa shape index (κ3) is 4.14. The van der Waals surface area contributed by atoms with Crippen molar-refractivity contribution in [2.75, 3.05) is 0 Å². The van der Waals surface area contributed by atoms with Crippen molar-refractivity contribution >= 4 is 75.8 Å². The summed E-state index contributed by atoms with van der Waals surface area (Å²) in [4.78, 5) is 5.39. The summed E-state index contributed by atoms with van der Waals surface area (Å²) >= 11 is 0. The number of hydrogen-bond acceptors (Lipinski definition) is 1. The molecule has 51 heavy (non-hydrogen) atoms. The van der Waals surface area contributed by atoms with Gasteiger partial charge in [0.05, 0.1) is 22.2 Å². The van der Waals surface area contributed by atoms with Gasteiger partial charge in [-0.1, -0.05) is 146 Å². The average molecular weight is 647 g/mol. The van der Waals surface area contributed by atoms with E-state index < -0.39 is 0 Å². The minimum Gasteiger partial charge on any atom is -0.309 e. The lowest BCUT2D eigenvalue weighted by atomic mass is 9.91. The van der Waals surface area contributed by atoms with Crippen LogP contribution in [0.15, 0.2) is 182 Å². The molecule has 9 aromatic carbocycles. The second-order valence-corrected chi connectivity index (χ2v) is 13.5. The molecule has 0 fully saturated rings. The molecule has 0 saturated carbocycles. The van der Waals surface area contributed by atoms with Gasteiger partial charge in [-0.2, -0.15) is 0 Å². The second kappa shape index (κ2) is 10.9. The van der Waals surface area contributed by atoms with Crippen LogP contribution in [0.3, 0.4) is 0 Å². The van der Waals surface area contributed by atoms with Gasteiger partial charge in [0.1, 0.15) is 0 Å². The molecule has 11 aromatic rings. The quantitative estimate of drug-likeness (QED) is 0.175. The van der Waals surface area contributed by atoms with Crippen LogP contribution in [0.2, 0.25) is 0 Å². The lowest BCUT2D eigenvalue weighted by molar-refractivity contribution is 1.19. The Morgan fingerprint density at radius 1 is 0.333 bits per heavy atom. The van der Waals surface area contributed by atoms with Gasteiger partial charge in [-0.25, -0.2) is 4.98 Å². The highest BCUT2D eigenvalue weighted by molar-refractivity contribution is 6.27. The first kappa shape index (κ1) is 28.1. The molecule has 0 amide bonds. The zero-order valence-electron chi connectivity index (χ0n) is 27.7. The van der Waals surface area contributed by atoms with Crippen molar-refractivity contribution < 1.29 is 0 Å². The number of fused-ring (bicyclic) bond motifs is 13. The molecule has 0 radical (unpaired) electrons. The number of benzene rings is 9. The van der Waals surface area contributed by atoms with E-state index >= 15 is 0 Å². The van der Waals surface area contributed by atoms with Crippen molar-refractivity contribution in [2.24, 2.45) is 0 Å². The van der Waals surface area contributed by atoms with E-state index in [1.54, 1.807) is 0 Å². The van der Waals surface area contributed by atoms with Crippen LogP contribution >= 0.6 is 0 Å². The summed E-state index contributed by atoms with van der Waals surface area (Å²) in [6.45, 7) is 0. The molecule has 236 valence electrons. The van der Waals surface area contributed by atoms with Gasteiger partial charge < -0.3 is 4.57 Å². The lowest BCUT2D eigenvalue weighted by Crippen LogP contribution is -1.96. The van der Waals surface area contributed by atoms with E-state index in [9.17, 15) is 0 Å². The Morgan fingerprint density at radius 3 is 1.65 bits per heavy atom. The summed E-state index contributed by atoms with van der Waals surface area (Å²) in [7, 11) is 0. The Balaban J connectivity index is 1.18. The van der Waals surface area contributed by atoms with Crippen LogP contribution in [-0.4, -0.2) is 9.55 Å². The van der Waals surface area contributed by atoms with Crippen molar-refractivity contribution in [2.45, 2.75) is 0 Å². The van der Waals surface area contributed by atoms with Gasteiger partial charge in [-0.15, -0.1) is 0 Å². The number of pyridine rings is 1. The molecule has 2 aromatic heterocycles. The van der Waals surface area contributed by atoms with E-state index in [2.05, 4.69) is 187 Å². The topological polar surface area (TPSA) is 17.8 Å². The van der Waals surface area contributed by atoms with Crippen molar-refractivity contribution in [1.82, 2.24) is 9.55 Å². The number of para-hydroxylation sites is 3. The molecule has 0 aliphatic heterocycles. The van der Waals surface area contributed by atoms with E-state index in [4.69, 9.17) is 4.98 Å². The van der Waals surface area contributed by atoms with Gasteiger partial charge in [0.25, 0.3) is 0 Å². The van der Waals surface area contributed by atoms with Crippen molar-refractivity contribution in [1.29, 1.82) is 0 Å². The van der Waals surface area contributed by atoms with Crippen molar-refractivity contribution in [3.63, 3.8) is 0 Å². The van der Waals surface area contributed by atoms with Gasteiger partial charge in [-0.05, 0) is 79.8 Å². The molecule has 2 nitrogen and oxygen atoms in total. The van der Waals surface area contributed by atoms with E-state index in [1.807, 2.05) is 0 Å². The predicted octanol–water partition coefficient (Wildman–Crippen LogP) is 13.3. The van der Waals surface area contributed by atoms with E-state index in [-0.39, 0.29) is 0 Å². The third-order valence-corrected chi connectivity index (χ3v) is 10.7. The Labute approximate surface area is 294 Å². The first-order valence-corrected chi connectivity index (χ1v) is 17.6. The van der Waals surface area contributed by atoms with Gasteiger partial charge in [0.15, 0.2) is 0 Å². The standard InChI is InChI=1S/C49H30N2/c1-2-15-34(16-3-1)51-46-24-11-9-21-40(46)41-27-28-43-47(49(41)51)42-22-8-10-23-45(42)50-48(43)33-14-12-13-31(29-33)32-25-26-39-37-19-5-4-17-35(37)36-18-6-7-20-38(36)44(39)30-32/h1-30H. The number of nitrogens with zero attached hydrogens (tertiary/aromatic N) is 2. The zero-order chi connectivity index (χ0) is 33.5. The van der Waals surface area contributed by atoms with Gasteiger partial charge in [0, 0.05) is 38.2 Å². The highest BCUT2D eigenvalue weighted by Crippen LogP contribution is 2.43. The van der Waals surface area contributed by atoms with Gasteiger partial charge in [-0.3, -0.25) is 0 Å². The maximum absolute atomic E-state index is 5.39. The predicted molar refractivity (Wildman–Crippen MR) is 217 cm³/mol. The summed E-state index contributed by atoms with van der Waals surface area (Å²) in [5, 5.41) is 13.7. The summed E-state index contributed by atoms with van der Waals surface area (Å²) in [6.07, 6.45) is 0. The average Bonchev–Trinajstić information content (AvgIpc) is 3.55. The number of rotatable bonds is 3. The molecule has 0 aliphatic carbocycles. The minimum absolute atomic E-state index is 0.992. The van der Waals surface area contributed by atoms with Crippen molar-refractivity contribution in [3.05, 3.63) is 182 Å². The molecular formula is C49H30N2. The molecular weight excluding hydrogens is 617 g/mol. The third-order valence-electron chi connectivity index (χ3n) is 10.7. The van der Waals surface area contributed by atoms with Crippen LogP contribution in [0.25, 0.3) is 104 Å². The molecule has 2 heteroatoms. The molecule has 0 bridgehead atoms. The second-order valence-electron chi connectivity index (χ2n) is 13.5. The van der Waals surface area contributed by atoms with Crippen LogP contribution in [0.1, 0.15) is 0 Å². The highest BCUT2D eigenvalue weighted by atomic mass is 15.0. The Morgan fingerprint density at radius 2 is 0.882 bits per heavy atom. The van der Waals surface area contributed by atoms with Crippen LogP contribution in [0.4, 0.5) is 0 Å². The summed E-state index contributed by atoms with van der Waals surface area (Å²) in [5.74, 6) is 0. The highest BCUT2D eigenvalue weighted by Gasteiger charge is 2.20. The Hall–Kier alpha value is -6.77. The summed E-state index contributed by atoms with van der Waals surface area (Å²) in [6, 6.07) is 66.1. The maximum atomic E-state index is 5.39. The molecule has 0 unspecified atom stereocenters. The normalized spacial score (nSPS) is 11.9. The monoisotopic (exact) mass is 646 g/mol. The fraction of sp³-hybridized carbons (Fsp3) is 0. The maximum Gasteiger partial charge on any atom is 0.0789 e. The van der Waals surface area contributed by atoms with Crippen LogP contribution < -0.4 is 0 Å². The van der Waals surface area contributed by atoms with E-state index in [1.165, 1.54) is 70.6 Å². The van der Waals surface area contributed by atoms with E-state index in [0.29, 0.717) is 0 Å². The van der Waals surface area contributed by atoms with E-state index in [0.717, 1.165) is 33.2 Å². The largest absolute Gasteiger partial charge is 0.309 e. The molecule has 0 N–H and O–H groups in total. The lowest BCUT2D eigenvalue weighted by Gasteiger charge is -2.15. The number of aromatic nitrogens is 2. The van der Waals surface area contributed by atoms with Crippen LogP contribution in [0, 0.1) is 0 Å². The SMILES string of the molecule is c1ccc(-n2c3ccccc3c3ccc4c(-c5cccc(-c6ccc7c8ccccc8c8ccccc8c7c6)c5)nc5ccccc5c4c32)cc1. The van der Waals surface area contributed by atoms with Crippen LogP contribution in [-0.2, 0) is 0 Å². The minimum atomic E-state index is 0.992. The molecule has 0 spiro atoms. The molecule has 0 saturated heterocycles. The molecule has 11 rings (SSSR count). The summed E-state index contributed by atoms with van der Waals surface area (Å²) < 4.78 is 2.43. The molecule has 0 aliphatic rings. The summed E-state index contributed by atoms with van der Waals surface area (Å²) in [5.41, 5.74) is 9.03. The van der Waals surface area contributed by atoms with Gasteiger partial charge in [0.2, 0.25) is 0 Å². The van der Waals surface area contributed by atoms with Gasteiger partial charge >= 0.3 is 0 Å². The Kier molecular flexibility index (Phi) is 5.99. The van der Waals surface area contributed by atoms with Crippen LogP contribution in [0.5, 0.6) is 0 Å². The fourth-order valence-electron chi connectivity index (χ4n) is 8.49. The zero-order valence-corrected chi connectivity index (χ0v) is 27.7. The number of hydrogen-bond donors (Lipinski definition) is 0. The fourth-order valence-corrected chi connectivity index (χ4v) is 8.49. The Bertz CT molecular complexity index is 3150. The molecule has 2 heterocycles. The molecule has 0 atom stereocenters. The van der Waals surface area contributed by atoms with Crippen molar-refractivity contribution in [3.8, 4) is 28.1 Å². The smallest absolute Gasteiger partial charge is 0.0789 e. The first-order valence-electron chi connectivity index (χ1n) is 17.6. The first-order chi connectivity index (χ1) is 25.3.